The summed E-state index contributed by atoms with van der Waals surface area (Å²) in [5.74, 6) is 1.46. The summed E-state index contributed by atoms with van der Waals surface area (Å²) in [6.07, 6.45) is 8.37. The van der Waals surface area contributed by atoms with E-state index in [0.29, 0.717) is 5.92 Å². The number of unbranched alkanes of at least 4 members (excludes halogenated alkanes) is 1. The van der Waals surface area contributed by atoms with Crippen LogP contribution in [0.1, 0.15) is 72.6 Å². The van der Waals surface area contributed by atoms with Crippen LogP contribution in [0.5, 0.6) is 0 Å². The minimum absolute atomic E-state index is 0. The molecule has 1 N–H and O–H groups in total. The molecule has 0 spiro atoms. The first-order valence-corrected chi connectivity index (χ1v) is 8.78. The molecule has 22 heavy (non-hydrogen) atoms. The molecule has 0 aromatic rings. The first-order chi connectivity index (χ1) is 9.10. The predicted molar refractivity (Wildman–Crippen MR) is 78.5 cm³/mol. The molecule has 2 unspecified atom stereocenters. The van der Waals surface area contributed by atoms with Gasteiger partial charge in [0.2, 0.25) is 0 Å². The van der Waals surface area contributed by atoms with Gasteiger partial charge in [0.25, 0.3) is 0 Å². The van der Waals surface area contributed by atoms with Crippen molar-refractivity contribution in [2.45, 2.75) is 78.7 Å². The Balaban J connectivity index is -0.000000201. The summed E-state index contributed by atoms with van der Waals surface area (Å²) in [6.45, 7) is 8.88. The number of hydrogen-bond donors (Lipinski definition) is 1. The molecule has 8 heteroatoms. The Morgan fingerprint density at radius 2 is 1.45 bits per heavy atom. The number of hydrogen-bond acceptors (Lipinski definition) is 5. The van der Waals surface area contributed by atoms with E-state index >= 15 is 0 Å². The summed E-state index contributed by atoms with van der Waals surface area (Å²) in [4.78, 5) is 0. The van der Waals surface area contributed by atoms with Gasteiger partial charge in [-0.2, -0.15) is 0 Å². The van der Waals surface area contributed by atoms with Crippen LogP contribution in [0, 0.1) is 11.8 Å². The first kappa shape index (κ1) is 31.6. The van der Waals surface area contributed by atoms with Crippen molar-refractivity contribution in [2.24, 2.45) is 11.8 Å². The van der Waals surface area contributed by atoms with Crippen LogP contribution in [-0.4, -0.2) is 28.7 Å². The molecule has 0 saturated heterocycles. The van der Waals surface area contributed by atoms with Crippen LogP contribution in [0.2, 0.25) is 0 Å². The molecule has 0 aromatic heterocycles. The zero-order valence-corrected chi connectivity index (χ0v) is 20.0. The van der Waals surface area contributed by atoms with Crippen LogP contribution in [0.3, 0.4) is 0 Å². The Hall–Kier alpha value is 1.83. The molecule has 0 bridgehead atoms. The van der Waals surface area contributed by atoms with Crippen molar-refractivity contribution in [1.82, 2.24) is 0 Å². The Morgan fingerprint density at radius 1 is 1.00 bits per heavy atom. The molecule has 0 saturated carbocycles. The Morgan fingerprint density at radius 3 is 1.77 bits per heavy atom. The minimum Gasteiger partial charge on any atom is -0.759 e. The zero-order valence-electron chi connectivity index (χ0n) is 15.2. The van der Waals surface area contributed by atoms with Crippen molar-refractivity contribution in [3.05, 3.63) is 0 Å². The van der Waals surface area contributed by atoms with Gasteiger partial charge in [-0.05, 0) is 31.1 Å². The Labute approximate surface area is 181 Å². The van der Waals surface area contributed by atoms with E-state index in [1.165, 1.54) is 32.1 Å². The van der Waals surface area contributed by atoms with E-state index < -0.39 is 10.4 Å². The molecule has 124 valence electrons. The molecule has 0 rings (SSSR count). The molecule has 0 aliphatic rings. The van der Waals surface area contributed by atoms with Gasteiger partial charge in [0.05, 0.1) is 6.10 Å². The smallest absolute Gasteiger partial charge is 0.759 e. The van der Waals surface area contributed by atoms with E-state index in [1.54, 1.807) is 0 Å². The van der Waals surface area contributed by atoms with Crippen LogP contribution < -0.4 is 59.1 Å². The van der Waals surface area contributed by atoms with Crippen LogP contribution in [0.4, 0.5) is 0 Å². The van der Waals surface area contributed by atoms with Crippen molar-refractivity contribution >= 4 is 10.4 Å². The second-order valence-corrected chi connectivity index (χ2v) is 6.50. The second kappa shape index (κ2) is 19.2. The minimum atomic E-state index is -5.17. The second-order valence-electron chi connectivity index (χ2n) is 5.69. The Bertz CT molecular complexity index is 302. The maximum atomic E-state index is 9.79. The third-order valence-corrected chi connectivity index (χ3v) is 3.19. The van der Waals surface area contributed by atoms with Gasteiger partial charge in [-0.15, -0.1) is 0 Å². The summed E-state index contributed by atoms with van der Waals surface area (Å²) in [6, 6.07) is 0. The summed E-state index contributed by atoms with van der Waals surface area (Å²) < 4.78 is 34.1. The van der Waals surface area contributed by atoms with Crippen LogP contribution in [-0.2, 0) is 10.4 Å². The average Bonchev–Trinajstić information content (AvgIpc) is 2.26. The van der Waals surface area contributed by atoms with E-state index in [-0.39, 0.29) is 65.2 Å². The van der Waals surface area contributed by atoms with E-state index in [9.17, 15) is 5.11 Å². The summed E-state index contributed by atoms with van der Waals surface area (Å²) in [7, 11) is -5.17. The fourth-order valence-corrected chi connectivity index (χ4v) is 2.14. The molecule has 2 atom stereocenters. The molecule has 0 heterocycles. The van der Waals surface area contributed by atoms with Gasteiger partial charge in [0, 0.05) is 10.4 Å². The molecule has 0 radical (unpaired) electrons. The van der Waals surface area contributed by atoms with Crippen LogP contribution >= 0.6 is 0 Å². The number of rotatable bonds is 9. The Kier molecular flexibility index (Phi) is 27.5. The van der Waals surface area contributed by atoms with Crippen molar-refractivity contribution in [3.63, 3.8) is 0 Å². The van der Waals surface area contributed by atoms with Gasteiger partial charge < -0.3 is 14.2 Å². The largest absolute Gasteiger partial charge is 1.00 e. The third-order valence-electron chi connectivity index (χ3n) is 3.19. The predicted octanol–water partition coefficient (Wildman–Crippen LogP) is -2.94. The van der Waals surface area contributed by atoms with Crippen molar-refractivity contribution in [3.8, 4) is 0 Å². The normalized spacial score (nSPS) is 13.3. The fraction of sp³-hybridized carbons (Fsp3) is 1.00. The maximum absolute atomic E-state index is 9.79. The molecular formula is C14H30Na2O5S. The van der Waals surface area contributed by atoms with Gasteiger partial charge in [0.15, 0.2) is 0 Å². The maximum Gasteiger partial charge on any atom is 1.00 e. The van der Waals surface area contributed by atoms with E-state index in [2.05, 4.69) is 27.7 Å². The molecule has 0 amide bonds. The molecule has 0 aliphatic carbocycles. The van der Waals surface area contributed by atoms with Gasteiger partial charge >= 0.3 is 59.1 Å². The quantitative estimate of drug-likeness (QED) is 0.271. The van der Waals surface area contributed by atoms with Crippen molar-refractivity contribution in [1.29, 1.82) is 0 Å². The molecule has 0 aliphatic heterocycles. The van der Waals surface area contributed by atoms with E-state index in [0.717, 1.165) is 18.8 Å². The number of aliphatic hydroxyl groups excluding tert-OH is 1. The number of aliphatic hydroxyl groups is 1. The van der Waals surface area contributed by atoms with E-state index in [4.69, 9.17) is 17.5 Å². The molecular weight excluding hydrogens is 326 g/mol. The zero-order chi connectivity index (χ0) is 16.2. The standard InChI is InChI=1S/C14H30O.2Na.H2O4S/c1-5-7-8-13(6-2)9-10-14(15)11-12(3)4;;;1-5(2,3)4/h12-15H,5-11H2,1-4H3;;;(H2,1,2,3,4)/q;2*+1;/p-2. The first-order valence-electron chi connectivity index (χ1n) is 7.44. The fourth-order valence-electron chi connectivity index (χ4n) is 2.14. The SMILES string of the molecule is CCCCC(CC)CCC(O)CC(C)C.O=S(=O)([O-])[O-].[Na+].[Na+]. The molecule has 0 aromatic carbocycles. The van der Waals surface area contributed by atoms with Gasteiger partial charge in [0.1, 0.15) is 0 Å². The van der Waals surface area contributed by atoms with Crippen molar-refractivity contribution < 1.29 is 81.7 Å². The topological polar surface area (TPSA) is 100 Å². The summed E-state index contributed by atoms with van der Waals surface area (Å²) in [5.41, 5.74) is 0. The average molecular weight is 356 g/mol. The van der Waals surface area contributed by atoms with Gasteiger partial charge in [-0.3, -0.25) is 8.42 Å². The third kappa shape index (κ3) is 33.4. The van der Waals surface area contributed by atoms with Crippen LogP contribution in [0.15, 0.2) is 0 Å². The molecule has 0 fully saturated rings. The van der Waals surface area contributed by atoms with Crippen molar-refractivity contribution in [2.75, 3.05) is 0 Å². The van der Waals surface area contributed by atoms with Crippen LogP contribution in [0.25, 0.3) is 0 Å². The summed E-state index contributed by atoms with van der Waals surface area (Å²) in [5, 5.41) is 9.79. The van der Waals surface area contributed by atoms with Gasteiger partial charge in [-0.1, -0.05) is 53.4 Å². The summed E-state index contributed by atoms with van der Waals surface area (Å²) >= 11 is 0. The molecule has 5 nitrogen and oxygen atoms in total. The monoisotopic (exact) mass is 356 g/mol. The van der Waals surface area contributed by atoms with Gasteiger partial charge in [-0.25, -0.2) is 0 Å². The van der Waals surface area contributed by atoms with E-state index in [1.807, 2.05) is 0 Å².